The third kappa shape index (κ3) is 1.79. The topological polar surface area (TPSA) is 37.4 Å². The molecule has 1 unspecified atom stereocenters. The van der Waals surface area contributed by atoms with Gasteiger partial charge in [0.1, 0.15) is 0 Å². The van der Waals surface area contributed by atoms with Crippen molar-refractivity contribution in [2.75, 3.05) is 12.3 Å². The molecule has 0 N–H and O–H groups in total. The Hall–Kier alpha value is -0.530. The molecular weight excluding hydrogens is 174 g/mol. The minimum Gasteiger partial charge on any atom is -0.212 e. The van der Waals surface area contributed by atoms with Crippen molar-refractivity contribution in [2.45, 2.75) is 25.8 Å². The van der Waals surface area contributed by atoms with Crippen LogP contribution >= 0.6 is 0 Å². The second-order valence-electron chi connectivity index (χ2n) is 2.98. The van der Waals surface area contributed by atoms with Crippen LogP contribution in [0.3, 0.4) is 0 Å². The van der Waals surface area contributed by atoms with E-state index in [0.717, 1.165) is 12.8 Å². The Balaban J connectivity index is 2.82. The van der Waals surface area contributed by atoms with E-state index in [0.29, 0.717) is 6.54 Å². The van der Waals surface area contributed by atoms with Crippen molar-refractivity contribution in [3.63, 3.8) is 0 Å². The normalized spacial score (nSPS) is 26.0. The summed E-state index contributed by atoms with van der Waals surface area (Å²) in [5.41, 5.74) is 0. The van der Waals surface area contributed by atoms with Gasteiger partial charge in [0, 0.05) is 6.54 Å². The molecule has 0 aromatic heterocycles. The molecule has 1 saturated heterocycles. The van der Waals surface area contributed by atoms with E-state index >= 15 is 0 Å². The Morgan fingerprint density at radius 2 is 2.17 bits per heavy atom. The second-order valence-corrected chi connectivity index (χ2v) is 5.02. The van der Waals surface area contributed by atoms with Gasteiger partial charge in [0.15, 0.2) is 0 Å². The summed E-state index contributed by atoms with van der Waals surface area (Å²) in [6, 6.07) is -0.296. The number of sulfonamides is 1. The molecule has 0 aliphatic carbocycles. The first-order valence-electron chi connectivity index (χ1n) is 4.03. The summed E-state index contributed by atoms with van der Waals surface area (Å²) in [5, 5.41) is 0. The van der Waals surface area contributed by atoms with E-state index in [2.05, 4.69) is 5.92 Å². The molecule has 0 spiro atoms. The van der Waals surface area contributed by atoms with Crippen molar-refractivity contribution in [3.05, 3.63) is 0 Å². The van der Waals surface area contributed by atoms with Gasteiger partial charge in [-0.25, -0.2) is 8.42 Å². The molecule has 0 saturated carbocycles. The summed E-state index contributed by atoms with van der Waals surface area (Å²) < 4.78 is 24.2. The van der Waals surface area contributed by atoms with Crippen molar-refractivity contribution in [1.29, 1.82) is 0 Å². The molecule has 3 nitrogen and oxygen atoms in total. The highest BCUT2D eigenvalue weighted by molar-refractivity contribution is 7.89. The number of rotatable bonds is 1. The van der Waals surface area contributed by atoms with Crippen LogP contribution in [0.2, 0.25) is 0 Å². The fourth-order valence-electron chi connectivity index (χ4n) is 1.33. The molecule has 1 aliphatic heterocycles. The summed E-state index contributed by atoms with van der Waals surface area (Å²) >= 11 is 0. The Morgan fingerprint density at radius 3 is 2.67 bits per heavy atom. The standard InChI is InChI=1S/C8H13NO2S/c1-3-8(2)9-6-4-5-7-12(9,10)11/h1,8H,4-7H2,2H3. The molecule has 12 heavy (non-hydrogen) atoms. The van der Waals surface area contributed by atoms with E-state index in [4.69, 9.17) is 6.42 Å². The van der Waals surface area contributed by atoms with Gasteiger partial charge in [-0.3, -0.25) is 0 Å². The fourth-order valence-corrected chi connectivity index (χ4v) is 3.08. The smallest absolute Gasteiger partial charge is 0.212 e. The molecular formula is C8H13NO2S. The fraction of sp³-hybridized carbons (Fsp3) is 0.750. The molecule has 0 amide bonds. The first-order chi connectivity index (χ1) is 5.58. The molecule has 1 fully saturated rings. The number of terminal acetylenes is 1. The van der Waals surface area contributed by atoms with Crippen molar-refractivity contribution in [1.82, 2.24) is 4.31 Å². The van der Waals surface area contributed by atoms with E-state index in [-0.39, 0.29) is 11.8 Å². The van der Waals surface area contributed by atoms with Gasteiger partial charge in [0.05, 0.1) is 11.8 Å². The zero-order chi connectivity index (χ0) is 9.19. The maximum atomic E-state index is 11.4. The van der Waals surface area contributed by atoms with Crippen LogP contribution in [0.4, 0.5) is 0 Å². The summed E-state index contributed by atoms with van der Waals surface area (Å²) in [5.74, 6) is 2.69. The average Bonchev–Trinajstić information content (AvgIpc) is 2.02. The lowest BCUT2D eigenvalue weighted by atomic mass is 10.3. The Kier molecular flexibility index (Phi) is 2.76. The monoisotopic (exact) mass is 187 g/mol. The highest BCUT2D eigenvalue weighted by Crippen LogP contribution is 2.15. The van der Waals surface area contributed by atoms with Gasteiger partial charge >= 0.3 is 0 Å². The third-order valence-corrected chi connectivity index (χ3v) is 4.08. The maximum absolute atomic E-state index is 11.4. The SMILES string of the molecule is C#CC(C)N1CCCCS1(=O)=O. The Bertz CT molecular complexity index is 289. The highest BCUT2D eigenvalue weighted by Gasteiger charge is 2.28. The first kappa shape index (κ1) is 9.56. The average molecular weight is 187 g/mol. The van der Waals surface area contributed by atoms with Crippen LogP contribution in [0.15, 0.2) is 0 Å². The Morgan fingerprint density at radius 1 is 1.50 bits per heavy atom. The lowest BCUT2D eigenvalue weighted by Crippen LogP contribution is -2.42. The molecule has 0 radical (unpaired) electrons. The van der Waals surface area contributed by atoms with Crippen molar-refractivity contribution < 1.29 is 8.42 Å². The number of hydrogen-bond acceptors (Lipinski definition) is 2. The van der Waals surface area contributed by atoms with Crippen LogP contribution in [0.1, 0.15) is 19.8 Å². The third-order valence-electron chi connectivity index (χ3n) is 2.06. The summed E-state index contributed by atoms with van der Waals surface area (Å²) in [6.07, 6.45) is 6.85. The van der Waals surface area contributed by atoms with Gasteiger partial charge in [0.2, 0.25) is 10.0 Å². The molecule has 0 bridgehead atoms. The molecule has 1 aliphatic rings. The van der Waals surface area contributed by atoms with Gasteiger partial charge < -0.3 is 0 Å². The van der Waals surface area contributed by atoms with E-state index < -0.39 is 10.0 Å². The molecule has 1 rings (SSSR count). The van der Waals surface area contributed by atoms with Crippen LogP contribution in [0, 0.1) is 12.3 Å². The number of hydrogen-bond donors (Lipinski definition) is 0. The van der Waals surface area contributed by atoms with Gasteiger partial charge in [-0.1, -0.05) is 5.92 Å². The van der Waals surface area contributed by atoms with E-state index in [1.165, 1.54) is 4.31 Å². The lowest BCUT2D eigenvalue weighted by molar-refractivity contribution is 0.360. The molecule has 4 heteroatoms. The van der Waals surface area contributed by atoms with Crippen molar-refractivity contribution in [3.8, 4) is 12.3 Å². The van der Waals surface area contributed by atoms with Gasteiger partial charge in [-0.15, -0.1) is 6.42 Å². The zero-order valence-electron chi connectivity index (χ0n) is 7.16. The molecule has 1 atom stereocenters. The maximum Gasteiger partial charge on any atom is 0.215 e. The largest absolute Gasteiger partial charge is 0.215 e. The van der Waals surface area contributed by atoms with Gasteiger partial charge in [0.25, 0.3) is 0 Å². The molecule has 68 valence electrons. The molecule has 0 aromatic rings. The quantitative estimate of drug-likeness (QED) is 0.558. The summed E-state index contributed by atoms with van der Waals surface area (Å²) in [4.78, 5) is 0. The van der Waals surface area contributed by atoms with Crippen LogP contribution < -0.4 is 0 Å². The molecule has 0 aromatic carbocycles. The van der Waals surface area contributed by atoms with Gasteiger partial charge in [-0.2, -0.15) is 4.31 Å². The van der Waals surface area contributed by atoms with Crippen LogP contribution in [0.25, 0.3) is 0 Å². The predicted octanol–water partition coefficient (Wildman–Crippen LogP) is 0.434. The minimum absolute atomic E-state index is 0.249. The van der Waals surface area contributed by atoms with E-state index in [9.17, 15) is 8.42 Å². The first-order valence-corrected chi connectivity index (χ1v) is 5.64. The van der Waals surface area contributed by atoms with Crippen LogP contribution in [0.5, 0.6) is 0 Å². The van der Waals surface area contributed by atoms with Crippen LogP contribution in [-0.4, -0.2) is 31.1 Å². The summed E-state index contributed by atoms with van der Waals surface area (Å²) in [7, 11) is -3.04. The van der Waals surface area contributed by atoms with Crippen LogP contribution in [-0.2, 0) is 10.0 Å². The minimum atomic E-state index is -3.04. The van der Waals surface area contributed by atoms with E-state index in [1.54, 1.807) is 6.92 Å². The summed E-state index contributed by atoms with van der Waals surface area (Å²) in [6.45, 7) is 2.32. The molecule has 1 heterocycles. The van der Waals surface area contributed by atoms with Crippen molar-refractivity contribution >= 4 is 10.0 Å². The highest BCUT2D eigenvalue weighted by atomic mass is 32.2. The zero-order valence-corrected chi connectivity index (χ0v) is 7.97. The second kappa shape index (κ2) is 3.46. The van der Waals surface area contributed by atoms with E-state index in [1.807, 2.05) is 0 Å². The Labute approximate surface area is 73.8 Å². The van der Waals surface area contributed by atoms with Gasteiger partial charge in [-0.05, 0) is 19.8 Å². The van der Waals surface area contributed by atoms with Crippen molar-refractivity contribution in [2.24, 2.45) is 0 Å². The predicted molar refractivity (Wildman–Crippen MR) is 48.0 cm³/mol. The lowest BCUT2D eigenvalue weighted by Gasteiger charge is -2.28. The number of nitrogens with zero attached hydrogens (tertiary/aromatic N) is 1.